The smallest absolute Gasteiger partial charge is 0.160 e. The highest BCUT2D eigenvalue weighted by Gasteiger charge is 2.30. The number of rotatable bonds is 3. The summed E-state index contributed by atoms with van der Waals surface area (Å²) in [4.78, 5) is 9.99. The van der Waals surface area contributed by atoms with Crippen LogP contribution in [0.5, 0.6) is 5.75 Å². The van der Waals surface area contributed by atoms with Crippen LogP contribution in [0.3, 0.4) is 0 Å². The molecule has 3 heteroatoms. The van der Waals surface area contributed by atoms with Gasteiger partial charge in [0.1, 0.15) is 11.5 Å². The highest BCUT2D eigenvalue weighted by Crippen LogP contribution is 2.45. The molecule has 0 bridgehead atoms. The molecule has 0 amide bonds. The lowest BCUT2D eigenvalue weighted by molar-refractivity contribution is 0.425. The molecule has 0 radical (unpaired) electrons. The lowest BCUT2D eigenvalue weighted by Gasteiger charge is -2.11. The number of hydrogen-bond acceptors (Lipinski definition) is 3. The topological polar surface area (TPSA) is 35.0 Å². The Morgan fingerprint density at radius 1 is 0.686 bits per heavy atom. The van der Waals surface area contributed by atoms with E-state index < -0.39 is 0 Å². The molecule has 0 N–H and O–H groups in total. The van der Waals surface area contributed by atoms with E-state index in [1.807, 2.05) is 18.2 Å². The molecular formula is C32H22N2O. The summed E-state index contributed by atoms with van der Waals surface area (Å²) in [6, 6.07) is 33.6. The van der Waals surface area contributed by atoms with Crippen molar-refractivity contribution in [3.05, 3.63) is 127 Å². The van der Waals surface area contributed by atoms with E-state index in [1.165, 1.54) is 16.7 Å². The van der Waals surface area contributed by atoms with Crippen LogP contribution in [0.25, 0.3) is 44.7 Å². The molecule has 1 aliphatic heterocycles. The molecule has 0 fully saturated rings. The molecule has 1 aromatic heterocycles. The van der Waals surface area contributed by atoms with Crippen LogP contribution in [-0.2, 0) is 0 Å². The number of aromatic nitrogens is 2. The second-order valence-corrected chi connectivity index (χ2v) is 9.00. The Bertz CT molecular complexity index is 1630. The number of ether oxygens (including phenoxy) is 1. The van der Waals surface area contributed by atoms with E-state index in [9.17, 15) is 0 Å². The zero-order valence-electron chi connectivity index (χ0n) is 19.1. The summed E-state index contributed by atoms with van der Waals surface area (Å²) in [5.74, 6) is 2.96. The number of nitrogens with zero attached hydrogens (tertiary/aromatic N) is 2. The van der Waals surface area contributed by atoms with Crippen LogP contribution < -0.4 is 4.74 Å². The van der Waals surface area contributed by atoms with Gasteiger partial charge in [0.05, 0.1) is 11.2 Å². The van der Waals surface area contributed by atoms with Crippen LogP contribution in [-0.4, -0.2) is 9.97 Å². The quantitative estimate of drug-likeness (QED) is 0.280. The van der Waals surface area contributed by atoms with Crippen molar-refractivity contribution in [2.45, 2.75) is 12.3 Å². The molecule has 0 saturated carbocycles. The molecule has 5 aromatic rings. The van der Waals surface area contributed by atoms with Crippen molar-refractivity contribution in [2.24, 2.45) is 0 Å². The van der Waals surface area contributed by atoms with E-state index in [1.54, 1.807) is 0 Å². The summed E-state index contributed by atoms with van der Waals surface area (Å²) in [6.45, 7) is 0. The molecule has 0 saturated heterocycles. The standard InChI is InChI=1S/C32H22N2O/c1-2-8-21(9-3-1)22-14-16-23(17-15-22)31-27-11-4-6-12-28(27)33-32(34-31)24-18-19-26-25-10-5-7-13-29(25)35-30(26)20-24/h1-9,11-20,25H,10H2. The van der Waals surface area contributed by atoms with Gasteiger partial charge in [-0.15, -0.1) is 0 Å². The Morgan fingerprint density at radius 3 is 2.31 bits per heavy atom. The molecule has 166 valence electrons. The fourth-order valence-corrected chi connectivity index (χ4v) is 5.05. The first kappa shape index (κ1) is 19.9. The molecule has 35 heavy (non-hydrogen) atoms. The van der Waals surface area contributed by atoms with Gasteiger partial charge in [-0.05, 0) is 35.8 Å². The summed E-state index contributed by atoms with van der Waals surface area (Å²) in [5.41, 5.74) is 7.54. The minimum Gasteiger partial charge on any atom is -0.461 e. The van der Waals surface area contributed by atoms with Gasteiger partial charge in [0.2, 0.25) is 0 Å². The first-order valence-electron chi connectivity index (χ1n) is 11.9. The largest absolute Gasteiger partial charge is 0.461 e. The fourth-order valence-electron chi connectivity index (χ4n) is 5.05. The third-order valence-electron chi connectivity index (χ3n) is 6.86. The van der Waals surface area contributed by atoms with Gasteiger partial charge < -0.3 is 4.74 Å². The van der Waals surface area contributed by atoms with Gasteiger partial charge in [0.25, 0.3) is 0 Å². The van der Waals surface area contributed by atoms with Crippen molar-refractivity contribution in [3.8, 4) is 39.5 Å². The van der Waals surface area contributed by atoms with Gasteiger partial charge >= 0.3 is 0 Å². The summed E-state index contributed by atoms with van der Waals surface area (Å²) < 4.78 is 6.18. The Morgan fingerprint density at radius 2 is 1.43 bits per heavy atom. The number of hydrogen-bond donors (Lipinski definition) is 0. The lowest BCUT2D eigenvalue weighted by atomic mass is 9.92. The van der Waals surface area contributed by atoms with Crippen LogP contribution >= 0.6 is 0 Å². The number of fused-ring (bicyclic) bond motifs is 4. The van der Waals surface area contributed by atoms with Crippen LogP contribution in [0.4, 0.5) is 0 Å². The molecular weight excluding hydrogens is 428 g/mol. The van der Waals surface area contributed by atoms with Gasteiger partial charge in [0.15, 0.2) is 5.82 Å². The third-order valence-corrected chi connectivity index (χ3v) is 6.86. The van der Waals surface area contributed by atoms with Gasteiger partial charge in [0, 0.05) is 28.0 Å². The average molecular weight is 451 g/mol. The highest BCUT2D eigenvalue weighted by atomic mass is 16.5. The lowest BCUT2D eigenvalue weighted by Crippen LogP contribution is -1.99. The number of benzene rings is 4. The van der Waals surface area contributed by atoms with Crippen molar-refractivity contribution in [1.29, 1.82) is 0 Å². The van der Waals surface area contributed by atoms with E-state index >= 15 is 0 Å². The molecule has 3 nitrogen and oxygen atoms in total. The summed E-state index contributed by atoms with van der Waals surface area (Å²) in [5, 5.41) is 1.04. The third kappa shape index (κ3) is 3.44. The normalized spacial score (nSPS) is 15.9. The average Bonchev–Trinajstić information content (AvgIpc) is 3.31. The maximum atomic E-state index is 6.18. The van der Waals surface area contributed by atoms with Gasteiger partial charge in [-0.2, -0.15) is 0 Å². The zero-order valence-corrected chi connectivity index (χ0v) is 19.1. The summed E-state index contributed by atoms with van der Waals surface area (Å²) >= 11 is 0. The number of para-hydroxylation sites is 1. The minimum atomic E-state index is 0.320. The first-order chi connectivity index (χ1) is 17.3. The van der Waals surface area contributed by atoms with E-state index in [0.29, 0.717) is 11.7 Å². The predicted molar refractivity (Wildman–Crippen MR) is 141 cm³/mol. The van der Waals surface area contributed by atoms with Crippen LogP contribution in [0, 0.1) is 0 Å². The second-order valence-electron chi connectivity index (χ2n) is 9.00. The van der Waals surface area contributed by atoms with E-state index in [0.717, 1.165) is 45.7 Å². The van der Waals surface area contributed by atoms with E-state index in [4.69, 9.17) is 14.7 Å². The van der Waals surface area contributed by atoms with Crippen molar-refractivity contribution in [2.75, 3.05) is 0 Å². The second kappa shape index (κ2) is 8.07. The van der Waals surface area contributed by atoms with Crippen LogP contribution in [0.2, 0.25) is 0 Å². The maximum Gasteiger partial charge on any atom is 0.160 e. The van der Waals surface area contributed by atoms with Crippen molar-refractivity contribution in [1.82, 2.24) is 9.97 Å². The van der Waals surface area contributed by atoms with E-state index in [2.05, 4.69) is 97.1 Å². The minimum absolute atomic E-state index is 0.320. The Labute approximate surface area is 204 Å². The van der Waals surface area contributed by atoms with Gasteiger partial charge in [-0.3, -0.25) is 0 Å². The van der Waals surface area contributed by atoms with Crippen molar-refractivity contribution < 1.29 is 4.74 Å². The fraction of sp³-hybridized carbons (Fsp3) is 0.0625. The Kier molecular flexibility index (Phi) is 4.59. The van der Waals surface area contributed by atoms with Crippen molar-refractivity contribution in [3.63, 3.8) is 0 Å². The zero-order chi connectivity index (χ0) is 23.2. The summed E-state index contributed by atoms with van der Waals surface area (Å²) in [7, 11) is 0. The Balaban J connectivity index is 1.32. The molecule has 2 heterocycles. The molecule has 1 atom stereocenters. The molecule has 7 rings (SSSR count). The number of allylic oxidation sites excluding steroid dienone is 4. The molecule has 0 spiro atoms. The molecule has 1 unspecified atom stereocenters. The SMILES string of the molecule is C1=CCC2C(=C1)Oc1cc(-c3nc(-c4ccc(-c5ccccc5)cc4)c4ccccc4n3)ccc12. The van der Waals surface area contributed by atoms with Gasteiger partial charge in [-0.25, -0.2) is 9.97 Å². The molecule has 4 aromatic carbocycles. The highest BCUT2D eigenvalue weighted by molar-refractivity contribution is 5.94. The van der Waals surface area contributed by atoms with Crippen LogP contribution in [0.15, 0.2) is 121 Å². The first-order valence-corrected chi connectivity index (χ1v) is 11.9. The maximum absolute atomic E-state index is 6.18. The monoisotopic (exact) mass is 450 g/mol. The molecule has 2 aliphatic rings. The van der Waals surface area contributed by atoms with Crippen LogP contribution in [0.1, 0.15) is 17.9 Å². The van der Waals surface area contributed by atoms with Gasteiger partial charge in [-0.1, -0.05) is 97.1 Å². The predicted octanol–water partition coefficient (Wildman–Crippen LogP) is 7.95. The Hall–Kier alpha value is -4.50. The molecule has 1 aliphatic carbocycles. The van der Waals surface area contributed by atoms with E-state index in [-0.39, 0.29) is 0 Å². The van der Waals surface area contributed by atoms with Crippen molar-refractivity contribution >= 4 is 10.9 Å². The summed E-state index contributed by atoms with van der Waals surface area (Å²) in [6.07, 6.45) is 7.31.